The zero-order valence-corrected chi connectivity index (χ0v) is 15.0. The van der Waals surface area contributed by atoms with Gasteiger partial charge in [-0.15, -0.1) is 0 Å². The molecule has 1 aromatic carbocycles. The first kappa shape index (κ1) is 17.6. The average Bonchev–Trinajstić information content (AvgIpc) is 3.34. The van der Waals surface area contributed by atoms with E-state index in [1.807, 2.05) is 29.2 Å². The zero-order valence-electron chi connectivity index (χ0n) is 15.0. The lowest BCUT2D eigenvalue weighted by atomic mass is 10.1. The van der Waals surface area contributed by atoms with Gasteiger partial charge in [0.1, 0.15) is 0 Å². The normalized spacial score (nSPS) is 18.1. The van der Waals surface area contributed by atoms with Crippen molar-refractivity contribution in [2.75, 3.05) is 31.6 Å². The van der Waals surface area contributed by atoms with Gasteiger partial charge in [0.2, 0.25) is 0 Å². The highest BCUT2D eigenvalue weighted by molar-refractivity contribution is 5.92. The number of hydrogen-bond donors (Lipinski definition) is 3. The van der Waals surface area contributed by atoms with Gasteiger partial charge < -0.3 is 19.7 Å². The van der Waals surface area contributed by atoms with Crippen molar-refractivity contribution in [2.45, 2.75) is 19.0 Å². The lowest BCUT2D eigenvalue weighted by Crippen LogP contribution is -2.55. The Morgan fingerprint density at radius 2 is 2.30 bits per heavy atom. The maximum absolute atomic E-state index is 12.7. The quantitative estimate of drug-likeness (QED) is 0.641. The standard InChI is InChI=1S/C19H23N5O3/c25-7-3-17-12-24(6-5-23(17)11-14-4-8-27-13-14)19(26)21-16-1-2-18-15(9-16)10-20-22-18/h1-2,4,8-10,13,17,25H,3,5-7,11-12H2,(H,20,22)(H,21,26)/t17-/m1/s1. The number of H-pyrrole nitrogens is 1. The number of carbonyl (C=O) groups is 1. The summed E-state index contributed by atoms with van der Waals surface area (Å²) in [5.74, 6) is 0. The first-order valence-electron chi connectivity index (χ1n) is 9.08. The van der Waals surface area contributed by atoms with Crippen molar-refractivity contribution in [2.24, 2.45) is 0 Å². The predicted molar refractivity (Wildman–Crippen MR) is 101 cm³/mol. The molecule has 1 fully saturated rings. The number of fused-ring (bicyclic) bond motifs is 1. The topological polar surface area (TPSA) is 97.6 Å². The molecule has 1 aliphatic rings. The van der Waals surface area contributed by atoms with E-state index in [-0.39, 0.29) is 18.7 Å². The zero-order chi connectivity index (χ0) is 18.6. The van der Waals surface area contributed by atoms with Crippen molar-refractivity contribution < 1.29 is 14.3 Å². The molecule has 1 saturated heterocycles. The highest BCUT2D eigenvalue weighted by Crippen LogP contribution is 2.20. The third-order valence-corrected chi connectivity index (χ3v) is 5.01. The van der Waals surface area contributed by atoms with Crippen molar-refractivity contribution >= 4 is 22.6 Å². The molecule has 1 aliphatic heterocycles. The number of benzene rings is 1. The number of aromatic nitrogens is 2. The van der Waals surface area contributed by atoms with Crippen LogP contribution in [0.15, 0.2) is 47.4 Å². The summed E-state index contributed by atoms with van der Waals surface area (Å²) in [5.41, 5.74) is 2.78. The summed E-state index contributed by atoms with van der Waals surface area (Å²) in [4.78, 5) is 16.8. The summed E-state index contributed by atoms with van der Waals surface area (Å²) in [6.07, 6.45) is 5.76. The van der Waals surface area contributed by atoms with Gasteiger partial charge in [0.05, 0.1) is 24.2 Å². The van der Waals surface area contributed by atoms with E-state index in [1.54, 1.807) is 18.7 Å². The van der Waals surface area contributed by atoms with E-state index >= 15 is 0 Å². The summed E-state index contributed by atoms with van der Waals surface area (Å²) in [6, 6.07) is 7.59. The number of aliphatic hydroxyl groups excluding tert-OH is 1. The van der Waals surface area contributed by atoms with E-state index in [4.69, 9.17) is 4.42 Å². The van der Waals surface area contributed by atoms with E-state index in [2.05, 4.69) is 20.4 Å². The Kier molecular flexibility index (Phi) is 5.08. The molecule has 3 heterocycles. The summed E-state index contributed by atoms with van der Waals surface area (Å²) in [7, 11) is 0. The van der Waals surface area contributed by atoms with Crippen LogP contribution in [0.5, 0.6) is 0 Å². The van der Waals surface area contributed by atoms with Crippen LogP contribution in [0, 0.1) is 0 Å². The monoisotopic (exact) mass is 369 g/mol. The lowest BCUT2D eigenvalue weighted by Gasteiger charge is -2.41. The molecule has 0 aliphatic carbocycles. The predicted octanol–water partition coefficient (Wildman–Crippen LogP) is 2.26. The Bertz CT molecular complexity index is 892. The third-order valence-electron chi connectivity index (χ3n) is 5.01. The summed E-state index contributed by atoms with van der Waals surface area (Å²) >= 11 is 0. The molecular weight excluding hydrogens is 346 g/mol. The number of nitrogens with zero attached hydrogens (tertiary/aromatic N) is 3. The molecule has 0 radical (unpaired) electrons. The van der Waals surface area contributed by atoms with Crippen LogP contribution in [-0.4, -0.2) is 63.4 Å². The maximum atomic E-state index is 12.7. The van der Waals surface area contributed by atoms with Crippen molar-refractivity contribution in [1.82, 2.24) is 20.0 Å². The molecule has 8 heteroatoms. The highest BCUT2D eigenvalue weighted by atomic mass is 16.3. The van der Waals surface area contributed by atoms with Crippen molar-refractivity contribution in [1.29, 1.82) is 0 Å². The molecule has 2 aromatic heterocycles. The first-order chi connectivity index (χ1) is 13.2. The average molecular weight is 369 g/mol. The van der Waals surface area contributed by atoms with E-state index in [0.29, 0.717) is 19.5 Å². The number of nitrogens with one attached hydrogen (secondary N) is 2. The second kappa shape index (κ2) is 7.81. The molecule has 0 saturated carbocycles. The molecule has 3 N–H and O–H groups in total. The lowest BCUT2D eigenvalue weighted by molar-refractivity contribution is 0.0717. The number of urea groups is 1. The van der Waals surface area contributed by atoms with Crippen LogP contribution >= 0.6 is 0 Å². The Morgan fingerprint density at radius 1 is 1.37 bits per heavy atom. The third kappa shape index (κ3) is 3.96. The molecule has 3 aromatic rings. The van der Waals surface area contributed by atoms with Crippen LogP contribution in [0.2, 0.25) is 0 Å². The molecule has 4 rings (SSSR count). The number of carbonyl (C=O) groups excluding carboxylic acids is 1. The van der Waals surface area contributed by atoms with Gasteiger partial charge in [0.15, 0.2) is 0 Å². The van der Waals surface area contributed by atoms with E-state index < -0.39 is 0 Å². The van der Waals surface area contributed by atoms with Crippen LogP contribution < -0.4 is 5.32 Å². The summed E-state index contributed by atoms with van der Waals surface area (Å²) in [6.45, 7) is 2.83. The van der Waals surface area contributed by atoms with Gasteiger partial charge in [0, 0.05) is 55.5 Å². The highest BCUT2D eigenvalue weighted by Gasteiger charge is 2.29. The largest absolute Gasteiger partial charge is 0.472 e. The fourth-order valence-corrected chi connectivity index (χ4v) is 3.55. The van der Waals surface area contributed by atoms with Gasteiger partial charge in [-0.3, -0.25) is 10.00 Å². The number of rotatable bonds is 5. The molecule has 142 valence electrons. The van der Waals surface area contributed by atoms with Crippen molar-refractivity contribution in [3.63, 3.8) is 0 Å². The van der Waals surface area contributed by atoms with Gasteiger partial charge in [-0.25, -0.2) is 4.79 Å². The minimum Gasteiger partial charge on any atom is -0.472 e. The number of furan rings is 1. The first-order valence-corrected chi connectivity index (χ1v) is 9.08. The van der Waals surface area contributed by atoms with Gasteiger partial charge in [-0.05, 0) is 30.7 Å². The SMILES string of the molecule is O=C(Nc1ccc2[nH]ncc2c1)N1CCN(Cc2ccoc2)[C@H](CCO)C1. The fraction of sp³-hybridized carbons (Fsp3) is 0.368. The van der Waals surface area contributed by atoms with Gasteiger partial charge >= 0.3 is 6.03 Å². The number of aliphatic hydroxyl groups is 1. The Labute approximate surface area is 156 Å². The molecule has 0 unspecified atom stereocenters. The van der Waals surface area contributed by atoms with Crippen molar-refractivity contribution in [3.05, 3.63) is 48.6 Å². The van der Waals surface area contributed by atoms with Crippen LogP contribution in [0.4, 0.5) is 10.5 Å². The molecule has 0 bridgehead atoms. The minimum atomic E-state index is -0.122. The van der Waals surface area contributed by atoms with E-state index in [9.17, 15) is 9.90 Å². The van der Waals surface area contributed by atoms with Crippen LogP contribution in [0.25, 0.3) is 10.9 Å². The fourth-order valence-electron chi connectivity index (χ4n) is 3.55. The van der Waals surface area contributed by atoms with Gasteiger partial charge in [0.25, 0.3) is 0 Å². The minimum absolute atomic E-state index is 0.0964. The van der Waals surface area contributed by atoms with E-state index in [0.717, 1.165) is 35.2 Å². The Hall–Kier alpha value is -2.84. The second-order valence-electron chi connectivity index (χ2n) is 6.82. The Morgan fingerprint density at radius 3 is 3.11 bits per heavy atom. The maximum Gasteiger partial charge on any atom is 0.321 e. The summed E-state index contributed by atoms with van der Waals surface area (Å²) < 4.78 is 5.14. The number of piperazine rings is 1. The number of aromatic amines is 1. The molecular formula is C19H23N5O3. The van der Waals surface area contributed by atoms with Crippen LogP contribution in [0.3, 0.4) is 0 Å². The molecule has 27 heavy (non-hydrogen) atoms. The molecule has 1 atom stereocenters. The number of anilines is 1. The smallest absolute Gasteiger partial charge is 0.321 e. The molecule has 8 nitrogen and oxygen atoms in total. The van der Waals surface area contributed by atoms with Gasteiger partial charge in [-0.1, -0.05) is 0 Å². The number of hydrogen-bond acceptors (Lipinski definition) is 5. The Balaban J connectivity index is 1.40. The van der Waals surface area contributed by atoms with E-state index in [1.165, 1.54) is 0 Å². The molecule has 2 amide bonds. The second-order valence-corrected chi connectivity index (χ2v) is 6.82. The summed E-state index contributed by atoms with van der Waals surface area (Å²) in [5, 5.41) is 20.2. The number of amides is 2. The molecule has 0 spiro atoms. The van der Waals surface area contributed by atoms with Crippen LogP contribution in [-0.2, 0) is 6.54 Å². The van der Waals surface area contributed by atoms with Gasteiger partial charge in [-0.2, -0.15) is 5.10 Å². The van der Waals surface area contributed by atoms with Crippen molar-refractivity contribution in [3.8, 4) is 0 Å². The van der Waals surface area contributed by atoms with Crippen LogP contribution in [0.1, 0.15) is 12.0 Å².